The van der Waals surface area contributed by atoms with Crippen molar-refractivity contribution in [3.8, 4) is 5.75 Å². The molecule has 1 aliphatic heterocycles. The average molecular weight is 204 g/mol. The van der Waals surface area contributed by atoms with E-state index in [4.69, 9.17) is 0 Å². The van der Waals surface area contributed by atoms with E-state index in [0.29, 0.717) is 5.56 Å². The van der Waals surface area contributed by atoms with Crippen LogP contribution in [0.15, 0.2) is 29.8 Å². The lowest BCUT2D eigenvalue weighted by molar-refractivity contribution is -0.143. The molecule has 1 radical (unpaired) electrons. The van der Waals surface area contributed by atoms with Crippen LogP contribution < -0.4 is 5.48 Å². The van der Waals surface area contributed by atoms with Crippen LogP contribution in [0.5, 0.6) is 5.75 Å². The van der Waals surface area contributed by atoms with Crippen molar-refractivity contribution < 1.29 is 19.5 Å². The third-order valence-electron chi connectivity index (χ3n) is 1.89. The van der Waals surface area contributed by atoms with E-state index in [2.05, 4.69) is 4.84 Å². The molecule has 0 aliphatic carbocycles. The third kappa shape index (κ3) is 1.80. The number of nitrogens with one attached hydrogen (secondary N) is 1. The summed E-state index contributed by atoms with van der Waals surface area (Å²) in [7, 11) is 0. The summed E-state index contributed by atoms with van der Waals surface area (Å²) in [6, 6.07) is 5.75. The van der Waals surface area contributed by atoms with Gasteiger partial charge in [-0.25, -0.2) is 4.79 Å². The minimum atomic E-state index is -0.716. The Kier molecular flexibility index (Phi) is 2.13. The van der Waals surface area contributed by atoms with Gasteiger partial charge in [-0.15, -0.1) is 0 Å². The number of rotatable bonds is 1. The summed E-state index contributed by atoms with van der Waals surface area (Å²) in [6.45, 7) is 0. The topological polar surface area (TPSA) is 75.3 Å². The summed E-state index contributed by atoms with van der Waals surface area (Å²) in [4.78, 5) is 26.4. The molecule has 1 aliphatic rings. The van der Waals surface area contributed by atoms with Crippen LogP contribution in [0.25, 0.3) is 6.08 Å². The van der Waals surface area contributed by atoms with Gasteiger partial charge in [-0.3, -0.25) is 9.90 Å². The molecule has 2 rings (SSSR count). The minimum absolute atomic E-state index is 0.0753. The highest BCUT2D eigenvalue weighted by Gasteiger charge is 2.28. The summed E-state index contributed by atoms with van der Waals surface area (Å²) in [5.41, 5.74) is 2.45. The molecule has 5 heteroatoms. The summed E-state index contributed by atoms with van der Waals surface area (Å²) in [5.74, 6) is -1.42. The lowest BCUT2D eigenvalue weighted by Gasteiger charge is -1.92. The van der Waals surface area contributed by atoms with Gasteiger partial charge in [-0.05, 0) is 23.8 Å². The largest absolute Gasteiger partial charge is 0.368 e. The highest BCUT2D eigenvalue weighted by Crippen LogP contribution is 2.15. The molecule has 15 heavy (non-hydrogen) atoms. The molecule has 1 amide bonds. The third-order valence-corrected chi connectivity index (χ3v) is 1.89. The van der Waals surface area contributed by atoms with Crippen molar-refractivity contribution in [2.24, 2.45) is 0 Å². The first-order valence-corrected chi connectivity index (χ1v) is 4.17. The molecule has 1 aromatic rings. The predicted octanol–water partition coefficient (Wildman–Crippen LogP) is 0.802. The Hall–Kier alpha value is -2.30. The molecule has 1 aromatic carbocycles. The lowest BCUT2D eigenvalue weighted by Crippen LogP contribution is -2.12. The number of hydroxylamine groups is 1. The molecule has 1 fully saturated rings. The molecule has 5 nitrogen and oxygen atoms in total. The van der Waals surface area contributed by atoms with Crippen LogP contribution in [-0.4, -0.2) is 11.9 Å². The zero-order chi connectivity index (χ0) is 10.8. The van der Waals surface area contributed by atoms with Gasteiger partial charge in [0.15, 0.2) is 5.75 Å². The first kappa shape index (κ1) is 9.26. The SMILES string of the molecule is [O]c1ccc(C=C2C(=O)NOC2=O)cc1. The van der Waals surface area contributed by atoms with Gasteiger partial charge in [-0.1, -0.05) is 12.1 Å². The maximum absolute atomic E-state index is 11.1. The first-order chi connectivity index (χ1) is 7.16. The van der Waals surface area contributed by atoms with Crippen LogP contribution in [0, 0.1) is 0 Å². The molecule has 75 valence electrons. The Morgan fingerprint density at radius 3 is 2.33 bits per heavy atom. The van der Waals surface area contributed by atoms with Crippen molar-refractivity contribution in [3.05, 3.63) is 35.4 Å². The van der Waals surface area contributed by atoms with Crippen molar-refractivity contribution in [3.63, 3.8) is 0 Å². The Morgan fingerprint density at radius 1 is 1.13 bits per heavy atom. The molecule has 0 aromatic heterocycles. The van der Waals surface area contributed by atoms with Gasteiger partial charge in [-0.2, -0.15) is 5.48 Å². The van der Waals surface area contributed by atoms with Crippen LogP contribution in [0.1, 0.15) is 5.56 Å². The van der Waals surface area contributed by atoms with Crippen LogP contribution in [0.2, 0.25) is 0 Å². The van der Waals surface area contributed by atoms with Gasteiger partial charge in [0.1, 0.15) is 5.57 Å². The maximum Gasteiger partial charge on any atom is 0.368 e. The number of carbonyl (C=O) groups excluding carboxylic acids is 2. The molecule has 0 saturated carbocycles. The fourth-order valence-electron chi connectivity index (χ4n) is 1.15. The average Bonchev–Trinajstić information content (AvgIpc) is 2.53. The van der Waals surface area contributed by atoms with Crippen LogP contribution in [-0.2, 0) is 19.5 Å². The molecular weight excluding hydrogens is 198 g/mol. The zero-order valence-corrected chi connectivity index (χ0v) is 7.52. The van der Waals surface area contributed by atoms with Crippen LogP contribution in [0.3, 0.4) is 0 Å². The van der Waals surface area contributed by atoms with E-state index < -0.39 is 11.9 Å². The fraction of sp³-hybridized carbons (Fsp3) is 0. The van der Waals surface area contributed by atoms with Gasteiger partial charge >= 0.3 is 5.97 Å². The lowest BCUT2D eigenvalue weighted by atomic mass is 10.1. The van der Waals surface area contributed by atoms with Gasteiger partial charge in [0.2, 0.25) is 0 Å². The van der Waals surface area contributed by atoms with E-state index in [1.165, 1.54) is 30.3 Å². The van der Waals surface area contributed by atoms with E-state index >= 15 is 0 Å². The molecule has 0 bridgehead atoms. The standard InChI is InChI=1S/C10H6NO4/c12-7-3-1-6(2-4-7)5-8-9(13)11-15-10(8)14/h1-5H,(H,11,13). The van der Waals surface area contributed by atoms with Crippen molar-refractivity contribution >= 4 is 18.0 Å². The second kappa shape index (κ2) is 3.45. The first-order valence-electron chi connectivity index (χ1n) is 4.17. The van der Waals surface area contributed by atoms with Gasteiger partial charge in [0.25, 0.3) is 5.91 Å². The molecule has 0 spiro atoms. The molecular formula is C10H6NO4. The number of hydrogen-bond donors (Lipinski definition) is 1. The monoisotopic (exact) mass is 204 g/mol. The highest BCUT2D eigenvalue weighted by atomic mass is 16.7. The minimum Gasteiger partial charge on any atom is -0.335 e. The number of benzene rings is 1. The normalized spacial score (nSPS) is 17.7. The molecule has 1 heterocycles. The van der Waals surface area contributed by atoms with Crippen molar-refractivity contribution in [2.45, 2.75) is 0 Å². The van der Waals surface area contributed by atoms with E-state index in [1.807, 2.05) is 5.48 Å². The molecule has 0 atom stereocenters. The van der Waals surface area contributed by atoms with E-state index in [1.54, 1.807) is 0 Å². The molecule has 0 unspecified atom stereocenters. The Bertz CT molecular complexity index is 429. The number of carbonyl (C=O) groups is 2. The van der Waals surface area contributed by atoms with Crippen LogP contribution in [0.4, 0.5) is 0 Å². The molecule has 1 N–H and O–H groups in total. The van der Waals surface area contributed by atoms with Gasteiger partial charge in [0.05, 0.1) is 0 Å². The summed E-state index contributed by atoms with van der Waals surface area (Å²) >= 11 is 0. The summed E-state index contributed by atoms with van der Waals surface area (Å²) < 4.78 is 0. The Balaban J connectivity index is 2.33. The summed E-state index contributed by atoms with van der Waals surface area (Å²) in [6.07, 6.45) is 1.37. The number of amides is 1. The second-order valence-electron chi connectivity index (χ2n) is 2.95. The van der Waals surface area contributed by atoms with Gasteiger partial charge < -0.3 is 4.84 Å². The van der Waals surface area contributed by atoms with Crippen molar-refractivity contribution in [1.82, 2.24) is 5.48 Å². The second-order valence-corrected chi connectivity index (χ2v) is 2.95. The van der Waals surface area contributed by atoms with E-state index in [-0.39, 0.29) is 11.3 Å². The Morgan fingerprint density at radius 2 is 1.80 bits per heavy atom. The maximum atomic E-state index is 11.1. The Labute approximate surface area is 84.9 Å². The van der Waals surface area contributed by atoms with Crippen molar-refractivity contribution in [2.75, 3.05) is 0 Å². The van der Waals surface area contributed by atoms with Gasteiger partial charge in [0, 0.05) is 0 Å². The highest BCUT2D eigenvalue weighted by molar-refractivity contribution is 6.22. The number of hydrogen-bond acceptors (Lipinski definition) is 3. The van der Waals surface area contributed by atoms with Crippen LogP contribution >= 0.6 is 0 Å². The van der Waals surface area contributed by atoms with Crippen molar-refractivity contribution in [1.29, 1.82) is 0 Å². The predicted molar refractivity (Wildman–Crippen MR) is 48.8 cm³/mol. The quantitative estimate of drug-likeness (QED) is 0.543. The summed E-state index contributed by atoms with van der Waals surface area (Å²) in [5, 5.41) is 10.8. The zero-order valence-electron chi connectivity index (χ0n) is 7.52. The molecule has 1 saturated heterocycles. The van der Waals surface area contributed by atoms with E-state index in [0.717, 1.165) is 0 Å². The fourth-order valence-corrected chi connectivity index (χ4v) is 1.15. The van der Waals surface area contributed by atoms with E-state index in [9.17, 15) is 14.7 Å². The smallest absolute Gasteiger partial charge is 0.335 e.